The maximum absolute atomic E-state index is 11.7. The van der Waals surface area contributed by atoms with E-state index < -0.39 is 6.09 Å². The highest BCUT2D eigenvalue weighted by atomic mass is 79.9. The van der Waals surface area contributed by atoms with E-state index >= 15 is 0 Å². The molecule has 2 saturated heterocycles. The molecule has 2 aliphatic heterocycles. The monoisotopic (exact) mass is 385 g/mol. The van der Waals surface area contributed by atoms with E-state index in [0.717, 1.165) is 11.9 Å². The van der Waals surface area contributed by atoms with Gasteiger partial charge >= 0.3 is 6.09 Å². The van der Waals surface area contributed by atoms with Gasteiger partial charge in [0.1, 0.15) is 10.4 Å². The van der Waals surface area contributed by atoms with Gasteiger partial charge in [0.05, 0.1) is 35.8 Å². The molecule has 0 spiro atoms. The fourth-order valence-corrected chi connectivity index (χ4v) is 4.52. The summed E-state index contributed by atoms with van der Waals surface area (Å²) < 4.78 is 7.93. The number of nitrogens with zero attached hydrogens (tertiary/aromatic N) is 3. The molecule has 2 aromatic rings. The number of hydrogen-bond acceptors (Lipinski definition) is 3. The Morgan fingerprint density at radius 3 is 3.09 bits per heavy atom. The van der Waals surface area contributed by atoms with Crippen molar-refractivity contribution < 1.29 is 14.6 Å². The minimum absolute atomic E-state index is 0.0900. The number of ether oxygens (including phenoxy) is 1. The van der Waals surface area contributed by atoms with Crippen molar-refractivity contribution >= 4 is 39.1 Å². The number of rotatable bonds is 1. The molecule has 3 atom stereocenters. The molecular weight excluding hydrogens is 374 g/mol. The Labute approximate surface area is 139 Å². The Morgan fingerprint density at radius 2 is 2.32 bits per heavy atom. The molecule has 2 aliphatic rings. The normalized spacial score (nSPS) is 27.5. The zero-order valence-electron chi connectivity index (χ0n) is 11.4. The highest BCUT2D eigenvalue weighted by Gasteiger charge is 2.49. The smallest absolute Gasteiger partial charge is 0.408 e. The summed E-state index contributed by atoms with van der Waals surface area (Å²) in [5.74, 6) is 0.924. The Kier molecular flexibility index (Phi) is 3.32. The highest BCUT2D eigenvalue weighted by molar-refractivity contribution is 9.10. The molecule has 2 fully saturated rings. The number of likely N-dealkylation sites (tertiary alicyclic amines) is 1. The van der Waals surface area contributed by atoms with Crippen LogP contribution in [-0.4, -0.2) is 44.7 Å². The first-order valence-corrected chi connectivity index (χ1v) is 8.16. The van der Waals surface area contributed by atoms with Crippen LogP contribution in [0.1, 0.15) is 18.3 Å². The lowest BCUT2D eigenvalue weighted by Gasteiger charge is -2.25. The molecular formula is C14H13BrClN3O3. The summed E-state index contributed by atoms with van der Waals surface area (Å²) in [6.45, 7) is 1.06. The molecule has 1 amide bonds. The summed E-state index contributed by atoms with van der Waals surface area (Å²) in [6.07, 6.45) is 1.64. The molecule has 2 aromatic heterocycles. The number of aromatic nitrogens is 2. The van der Waals surface area contributed by atoms with Gasteiger partial charge in [0.25, 0.3) is 0 Å². The number of pyridine rings is 1. The molecule has 0 radical (unpaired) electrons. The minimum atomic E-state index is -0.932. The topological polar surface area (TPSA) is 67.1 Å². The van der Waals surface area contributed by atoms with Gasteiger partial charge in [0.15, 0.2) is 0 Å². The van der Waals surface area contributed by atoms with Crippen molar-refractivity contribution in [2.24, 2.45) is 5.92 Å². The summed E-state index contributed by atoms with van der Waals surface area (Å²) in [5.41, 5.74) is 0.762. The van der Waals surface area contributed by atoms with Crippen molar-refractivity contribution in [1.29, 1.82) is 0 Å². The van der Waals surface area contributed by atoms with Crippen LogP contribution in [0.3, 0.4) is 0 Å². The van der Waals surface area contributed by atoms with Gasteiger partial charge in [-0.15, -0.1) is 0 Å². The van der Waals surface area contributed by atoms with Crippen molar-refractivity contribution in [2.75, 3.05) is 13.2 Å². The number of fused-ring (bicyclic) bond motifs is 2. The van der Waals surface area contributed by atoms with E-state index in [0.29, 0.717) is 28.7 Å². The second-order valence-electron chi connectivity index (χ2n) is 5.64. The number of carboxylic acid groups (broad SMARTS) is 1. The number of amides is 1. The maximum atomic E-state index is 11.7. The van der Waals surface area contributed by atoms with Gasteiger partial charge in [0.2, 0.25) is 0 Å². The van der Waals surface area contributed by atoms with Crippen LogP contribution in [0.15, 0.2) is 22.9 Å². The van der Waals surface area contributed by atoms with E-state index in [2.05, 4.69) is 20.9 Å². The molecule has 0 saturated carbocycles. The molecule has 6 nitrogen and oxygen atoms in total. The van der Waals surface area contributed by atoms with E-state index in [1.54, 1.807) is 6.07 Å². The van der Waals surface area contributed by atoms with Crippen molar-refractivity contribution in [3.63, 3.8) is 0 Å². The Hall–Kier alpha value is -1.31. The number of halogens is 2. The number of carbonyl (C=O) groups is 1. The van der Waals surface area contributed by atoms with Gasteiger partial charge in [0, 0.05) is 12.1 Å². The molecule has 8 heteroatoms. The first-order valence-electron chi connectivity index (χ1n) is 6.99. The van der Waals surface area contributed by atoms with E-state index in [4.69, 9.17) is 16.3 Å². The predicted octanol–water partition coefficient (Wildman–Crippen LogP) is 3.19. The minimum Gasteiger partial charge on any atom is -0.465 e. The first kappa shape index (κ1) is 14.3. The number of imidazole rings is 1. The highest BCUT2D eigenvalue weighted by Crippen LogP contribution is 2.43. The molecule has 1 N–H and O–H groups in total. The molecule has 0 aromatic carbocycles. The average molecular weight is 387 g/mol. The largest absolute Gasteiger partial charge is 0.465 e. The Morgan fingerprint density at radius 1 is 1.50 bits per heavy atom. The predicted molar refractivity (Wildman–Crippen MR) is 83.2 cm³/mol. The van der Waals surface area contributed by atoms with Crippen LogP contribution >= 0.6 is 27.5 Å². The second-order valence-corrected chi connectivity index (χ2v) is 6.80. The van der Waals surface area contributed by atoms with E-state index in [1.165, 1.54) is 4.90 Å². The second kappa shape index (κ2) is 5.11. The van der Waals surface area contributed by atoms with Gasteiger partial charge < -0.3 is 9.84 Å². The van der Waals surface area contributed by atoms with Crippen LogP contribution in [0.2, 0.25) is 5.02 Å². The molecule has 22 heavy (non-hydrogen) atoms. The molecule has 116 valence electrons. The van der Waals surface area contributed by atoms with Crippen molar-refractivity contribution in [1.82, 2.24) is 14.3 Å². The zero-order valence-corrected chi connectivity index (χ0v) is 13.8. The standard InChI is InChI=1S/C14H13BrClN3O3/c15-12-11-8(16)2-1-3-18(11)13(17-12)9-4-7-5-22-6-10(7)19(9)14(20)21/h1-3,7,9-10H,4-6H2,(H,20,21)/t7?,9-,10?/m0/s1. The first-order chi connectivity index (χ1) is 10.6. The molecule has 2 unspecified atom stereocenters. The van der Waals surface area contributed by atoms with Crippen LogP contribution in [-0.2, 0) is 4.74 Å². The summed E-state index contributed by atoms with van der Waals surface area (Å²) in [4.78, 5) is 17.8. The summed E-state index contributed by atoms with van der Waals surface area (Å²) in [6, 6.07) is 3.25. The van der Waals surface area contributed by atoms with Crippen LogP contribution in [0, 0.1) is 5.92 Å². The maximum Gasteiger partial charge on any atom is 0.408 e. The van der Waals surface area contributed by atoms with E-state index in [9.17, 15) is 9.90 Å². The summed E-state index contributed by atoms with van der Waals surface area (Å²) in [5, 5.41) is 10.2. The average Bonchev–Trinajstić information content (AvgIpc) is 3.10. The lowest BCUT2D eigenvalue weighted by molar-refractivity contribution is 0.0978. The lowest BCUT2D eigenvalue weighted by Crippen LogP contribution is -2.39. The van der Waals surface area contributed by atoms with Gasteiger partial charge in [-0.1, -0.05) is 11.6 Å². The molecule has 4 rings (SSSR count). The summed E-state index contributed by atoms with van der Waals surface area (Å²) >= 11 is 9.66. The third-order valence-electron chi connectivity index (χ3n) is 4.50. The molecule has 0 aliphatic carbocycles. The van der Waals surface area contributed by atoms with Crippen molar-refractivity contribution in [3.05, 3.63) is 33.8 Å². The van der Waals surface area contributed by atoms with Crippen LogP contribution in [0.4, 0.5) is 4.79 Å². The van der Waals surface area contributed by atoms with Crippen LogP contribution < -0.4 is 0 Å². The number of hydrogen-bond donors (Lipinski definition) is 1. The van der Waals surface area contributed by atoms with Crippen molar-refractivity contribution in [2.45, 2.75) is 18.5 Å². The quantitative estimate of drug-likeness (QED) is 0.817. The molecule has 4 heterocycles. The Balaban J connectivity index is 1.85. The van der Waals surface area contributed by atoms with Gasteiger partial charge in [-0.2, -0.15) is 0 Å². The lowest BCUT2D eigenvalue weighted by atomic mass is 10.0. The fraction of sp³-hybridized carbons (Fsp3) is 0.429. The summed E-state index contributed by atoms with van der Waals surface area (Å²) in [7, 11) is 0. The van der Waals surface area contributed by atoms with E-state index in [1.807, 2.05) is 16.7 Å². The van der Waals surface area contributed by atoms with Crippen LogP contribution in [0.5, 0.6) is 0 Å². The SMILES string of the molecule is O=C(O)N1C2COCC2C[C@H]1c1nc(Br)c2c(Cl)cccn12. The van der Waals surface area contributed by atoms with Crippen molar-refractivity contribution in [3.8, 4) is 0 Å². The van der Waals surface area contributed by atoms with Gasteiger partial charge in [-0.3, -0.25) is 9.30 Å². The fourth-order valence-electron chi connectivity index (χ4n) is 3.57. The van der Waals surface area contributed by atoms with E-state index in [-0.39, 0.29) is 18.0 Å². The Bertz CT molecular complexity index is 765. The molecule has 0 bridgehead atoms. The van der Waals surface area contributed by atoms with Gasteiger partial charge in [-0.25, -0.2) is 9.78 Å². The van der Waals surface area contributed by atoms with Gasteiger partial charge in [-0.05, 0) is 34.5 Å². The third-order valence-corrected chi connectivity index (χ3v) is 5.36. The zero-order chi connectivity index (χ0) is 15.4. The third kappa shape index (κ3) is 1.96. The van der Waals surface area contributed by atoms with Crippen LogP contribution in [0.25, 0.3) is 5.52 Å².